The van der Waals surface area contributed by atoms with Gasteiger partial charge in [0, 0.05) is 5.75 Å². The normalized spacial score (nSPS) is 14.0. The highest BCUT2D eigenvalue weighted by atomic mass is 32.2. The van der Waals surface area contributed by atoms with E-state index >= 15 is 0 Å². The van der Waals surface area contributed by atoms with Crippen molar-refractivity contribution in [3.05, 3.63) is 59.0 Å². The summed E-state index contributed by atoms with van der Waals surface area (Å²) in [6.07, 6.45) is 0. The number of hydrogen-bond donors (Lipinski definition) is 1. The van der Waals surface area contributed by atoms with E-state index in [1.807, 2.05) is 13.8 Å². The number of para-hydroxylation sites is 2. The number of anilines is 1. The maximum Gasteiger partial charge on any atom is 0.272 e. The van der Waals surface area contributed by atoms with Crippen LogP contribution >= 0.6 is 11.8 Å². The summed E-state index contributed by atoms with van der Waals surface area (Å²) in [6.45, 7) is 4.60. The predicted octanol–water partition coefficient (Wildman–Crippen LogP) is 3.49. The number of aliphatic hydroxyl groups excluding tert-OH is 1. The van der Waals surface area contributed by atoms with Gasteiger partial charge in [-0.25, -0.2) is 4.90 Å². The Morgan fingerprint density at radius 2 is 1.62 bits per heavy atom. The zero-order valence-corrected chi connectivity index (χ0v) is 17.2. The first kappa shape index (κ1) is 21.0. The van der Waals surface area contributed by atoms with Gasteiger partial charge < -0.3 is 14.6 Å². The fourth-order valence-electron chi connectivity index (χ4n) is 3.07. The minimum absolute atomic E-state index is 0.0955. The Hall–Kier alpha value is -2.77. The fraction of sp³-hybridized carbons (Fsp3) is 0.273. The Bertz CT molecular complexity index is 923. The molecule has 1 aliphatic rings. The van der Waals surface area contributed by atoms with Crippen LogP contribution in [0.25, 0.3) is 5.57 Å². The third-order valence-electron chi connectivity index (χ3n) is 4.24. The van der Waals surface area contributed by atoms with Gasteiger partial charge in [0.2, 0.25) is 0 Å². The van der Waals surface area contributed by atoms with E-state index < -0.39 is 11.8 Å². The molecule has 6 nitrogen and oxygen atoms in total. The van der Waals surface area contributed by atoms with Crippen LogP contribution in [-0.4, -0.2) is 42.5 Å². The van der Waals surface area contributed by atoms with Crippen LogP contribution in [0.1, 0.15) is 19.4 Å². The van der Waals surface area contributed by atoms with E-state index in [-0.39, 0.29) is 6.61 Å². The van der Waals surface area contributed by atoms with Gasteiger partial charge in [0.1, 0.15) is 11.5 Å². The van der Waals surface area contributed by atoms with Crippen LogP contribution in [0.3, 0.4) is 0 Å². The number of benzene rings is 2. The molecule has 0 aliphatic carbocycles. The maximum absolute atomic E-state index is 13.3. The van der Waals surface area contributed by atoms with Crippen LogP contribution in [0.5, 0.6) is 11.5 Å². The molecule has 29 heavy (non-hydrogen) atoms. The van der Waals surface area contributed by atoms with Gasteiger partial charge in [-0.1, -0.05) is 24.3 Å². The average Bonchev–Trinajstić information content (AvgIpc) is 2.97. The molecule has 2 aromatic carbocycles. The topological polar surface area (TPSA) is 76.1 Å². The standard InChI is InChI=1S/C22H23NO5S/c1-3-27-16-11-9-15(10-12-16)19-20(29-14-13-24)22(26)23(21(19)25)17-7-5-6-8-18(17)28-4-2/h5-12,24H,3-4,13-14H2,1-2H3. The smallest absolute Gasteiger partial charge is 0.272 e. The summed E-state index contributed by atoms with van der Waals surface area (Å²) >= 11 is 1.18. The van der Waals surface area contributed by atoms with Crippen LogP contribution in [0.2, 0.25) is 0 Å². The molecule has 1 heterocycles. The molecule has 7 heteroatoms. The zero-order valence-electron chi connectivity index (χ0n) is 16.4. The third-order valence-corrected chi connectivity index (χ3v) is 5.29. The molecule has 0 atom stereocenters. The van der Waals surface area contributed by atoms with Crippen molar-refractivity contribution < 1.29 is 24.2 Å². The van der Waals surface area contributed by atoms with Crippen molar-refractivity contribution in [2.75, 3.05) is 30.5 Å². The third kappa shape index (κ3) is 4.31. The number of nitrogens with zero attached hydrogens (tertiary/aromatic N) is 1. The number of rotatable bonds is 9. The highest BCUT2D eigenvalue weighted by Gasteiger charge is 2.41. The summed E-state index contributed by atoms with van der Waals surface area (Å²) in [5.41, 5.74) is 1.36. The summed E-state index contributed by atoms with van der Waals surface area (Å²) in [7, 11) is 0. The predicted molar refractivity (Wildman–Crippen MR) is 114 cm³/mol. The second-order valence-electron chi connectivity index (χ2n) is 6.08. The van der Waals surface area contributed by atoms with Gasteiger partial charge in [-0.05, 0) is 43.7 Å². The molecule has 1 N–H and O–H groups in total. The van der Waals surface area contributed by atoms with E-state index in [1.54, 1.807) is 48.5 Å². The molecule has 2 aromatic rings. The Balaban J connectivity index is 2.04. The van der Waals surface area contributed by atoms with E-state index in [2.05, 4.69) is 0 Å². The number of imide groups is 1. The summed E-state index contributed by atoms with van der Waals surface area (Å²) in [5.74, 6) is 0.652. The van der Waals surface area contributed by atoms with Crippen molar-refractivity contribution in [3.63, 3.8) is 0 Å². The SMILES string of the molecule is CCOc1ccc(C2=C(SCCO)C(=O)N(c3ccccc3OCC)C2=O)cc1. The molecule has 0 unspecified atom stereocenters. The monoisotopic (exact) mass is 413 g/mol. The van der Waals surface area contributed by atoms with Crippen molar-refractivity contribution in [2.45, 2.75) is 13.8 Å². The Morgan fingerprint density at radius 1 is 0.931 bits per heavy atom. The molecule has 0 bridgehead atoms. The molecule has 3 rings (SSSR count). The minimum Gasteiger partial charge on any atom is -0.494 e. The molecule has 0 aromatic heterocycles. The van der Waals surface area contributed by atoms with Crippen molar-refractivity contribution in [1.29, 1.82) is 0 Å². The summed E-state index contributed by atoms with van der Waals surface area (Å²) < 4.78 is 11.1. The number of carbonyl (C=O) groups is 2. The molecule has 0 radical (unpaired) electrons. The highest BCUT2D eigenvalue weighted by molar-refractivity contribution is 8.04. The van der Waals surface area contributed by atoms with Crippen LogP contribution in [0, 0.1) is 0 Å². The highest BCUT2D eigenvalue weighted by Crippen LogP contribution is 2.41. The minimum atomic E-state index is -0.413. The van der Waals surface area contributed by atoms with Crippen molar-refractivity contribution in [1.82, 2.24) is 0 Å². The summed E-state index contributed by atoms with van der Waals surface area (Å²) in [4.78, 5) is 28.0. The molecular formula is C22H23NO5S. The second kappa shape index (κ2) is 9.62. The van der Waals surface area contributed by atoms with Gasteiger partial charge in [0.15, 0.2) is 0 Å². The van der Waals surface area contributed by atoms with Crippen LogP contribution in [0.4, 0.5) is 5.69 Å². The Kier molecular flexibility index (Phi) is 6.95. The number of amides is 2. The lowest BCUT2D eigenvalue weighted by Crippen LogP contribution is -2.31. The first-order valence-electron chi connectivity index (χ1n) is 9.44. The van der Waals surface area contributed by atoms with Gasteiger partial charge in [-0.2, -0.15) is 0 Å². The van der Waals surface area contributed by atoms with E-state index in [9.17, 15) is 14.7 Å². The molecule has 0 spiro atoms. The number of carbonyl (C=O) groups excluding carboxylic acids is 2. The van der Waals surface area contributed by atoms with E-state index in [0.29, 0.717) is 52.2 Å². The quantitative estimate of drug-likeness (QED) is 0.634. The molecule has 0 saturated heterocycles. The molecule has 0 saturated carbocycles. The van der Waals surface area contributed by atoms with Crippen LogP contribution in [-0.2, 0) is 9.59 Å². The Labute approximate surface area is 174 Å². The van der Waals surface area contributed by atoms with E-state index in [4.69, 9.17) is 9.47 Å². The number of ether oxygens (including phenoxy) is 2. The lowest BCUT2D eigenvalue weighted by Gasteiger charge is -2.18. The van der Waals surface area contributed by atoms with E-state index in [1.165, 1.54) is 11.8 Å². The van der Waals surface area contributed by atoms with Crippen LogP contribution in [0.15, 0.2) is 53.4 Å². The van der Waals surface area contributed by atoms with Gasteiger partial charge in [0.25, 0.3) is 11.8 Å². The maximum atomic E-state index is 13.3. The number of hydrogen-bond acceptors (Lipinski definition) is 6. The molecular weight excluding hydrogens is 390 g/mol. The molecule has 1 aliphatic heterocycles. The van der Waals surface area contributed by atoms with Crippen molar-refractivity contribution >= 4 is 34.8 Å². The zero-order chi connectivity index (χ0) is 20.8. The Morgan fingerprint density at radius 3 is 2.28 bits per heavy atom. The summed E-state index contributed by atoms with van der Waals surface area (Å²) in [5, 5.41) is 9.24. The van der Waals surface area contributed by atoms with Crippen molar-refractivity contribution in [2.24, 2.45) is 0 Å². The lowest BCUT2D eigenvalue weighted by atomic mass is 10.1. The van der Waals surface area contributed by atoms with Crippen LogP contribution < -0.4 is 14.4 Å². The average molecular weight is 413 g/mol. The first-order chi connectivity index (χ1) is 14.1. The molecule has 2 amide bonds. The molecule has 152 valence electrons. The van der Waals surface area contributed by atoms with Gasteiger partial charge in [-0.15, -0.1) is 11.8 Å². The van der Waals surface area contributed by atoms with Crippen molar-refractivity contribution in [3.8, 4) is 11.5 Å². The summed E-state index contributed by atoms with van der Waals surface area (Å²) in [6, 6.07) is 14.1. The molecule has 0 fully saturated rings. The number of aliphatic hydroxyl groups is 1. The van der Waals surface area contributed by atoms with Gasteiger partial charge in [-0.3, -0.25) is 9.59 Å². The van der Waals surface area contributed by atoms with Gasteiger partial charge >= 0.3 is 0 Å². The largest absolute Gasteiger partial charge is 0.494 e. The first-order valence-corrected chi connectivity index (χ1v) is 10.4. The second-order valence-corrected chi connectivity index (χ2v) is 7.19. The fourth-order valence-corrected chi connectivity index (χ4v) is 3.93. The van der Waals surface area contributed by atoms with E-state index in [0.717, 1.165) is 4.90 Å². The lowest BCUT2D eigenvalue weighted by molar-refractivity contribution is -0.119. The van der Waals surface area contributed by atoms with Gasteiger partial charge in [0.05, 0.1) is 36.0 Å². The number of thioether (sulfide) groups is 1.